The van der Waals surface area contributed by atoms with Gasteiger partial charge in [-0.3, -0.25) is 14.4 Å². The summed E-state index contributed by atoms with van der Waals surface area (Å²) >= 11 is 0. The van der Waals surface area contributed by atoms with Crippen LogP contribution in [0, 0.1) is 5.92 Å². The maximum atomic E-state index is 13.8. The van der Waals surface area contributed by atoms with Crippen molar-refractivity contribution in [2.24, 2.45) is 5.92 Å². The Bertz CT molecular complexity index is 1640. The van der Waals surface area contributed by atoms with Crippen LogP contribution in [0.3, 0.4) is 0 Å². The molecule has 4 rings (SSSR count). The monoisotopic (exact) mass is 619 g/mol. The lowest BCUT2D eigenvalue weighted by Gasteiger charge is -2.23. The van der Waals surface area contributed by atoms with Crippen LogP contribution in [-0.4, -0.2) is 53.4 Å². The number of fused-ring (bicyclic) bond motifs is 3. The number of nitrogens with one attached hydrogen (secondary N) is 3. The van der Waals surface area contributed by atoms with Crippen LogP contribution >= 0.6 is 0 Å². The number of benzene rings is 2. The number of methoxy groups -OCH3 is 5. The van der Waals surface area contributed by atoms with Crippen LogP contribution in [0.25, 0.3) is 11.1 Å². The topological polar surface area (TPSA) is 133 Å². The maximum absolute atomic E-state index is 13.8. The summed E-state index contributed by atoms with van der Waals surface area (Å²) < 4.78 is 27.8. The van der Waals surface area contributed by atoms with E-state index in [-0.39, 0.29) is 28.8 Å². The zero-order chi connectivity index (χ0) is 32.8. The standard InChI is InChI=1S/C34H41N3O8/c1-18(2)31(34(40)37-26-13-10-21(41-4)16-28(26)42-5)36-25-14-11-22-23(17-27(25)39)24(35-19(3)38)12-9-20-15-29(43-6)32(44-7)33(45-8)30(20)22/h10-11,13-18,24,31H,9,12H2,1-8H3,(H,35,38)(H,36,39)(H,37,40)/t24-,31-/m0/s1. The van der Waals surface area contributed by atoms with Gasteiger partial charge in [0.1, 0.15) is 17.5 Å². The molecule has 11 nitrogen and oxygen atoms in total. The SMILES string of the molecule is COc1ccc(NC(=O)[C@@H](Nc2ccc3c(cc2=O)[C@@H](NC(C)=O)CCc2cc(OC)c(OC)c(OC)c2-3)C(C)C)c(OC)c1. The number of anilines is 2. The van der Waals surface area contributed by atoms with Crippen molar-refractivity contribution in [1.82, 2.24) is 5.32 Å². The summed E-state index contributed by atoms with van der Waals surface area (Å²) in [6.45, 7) is 5.22. The van der Waals surface area contributed by atoms with E-state index in [0.717, 1.165) is 11.1 Å². The number of aryl methyl sites for hydroxylation is 1. The molecule has 2 atom stereocenters. The van der Waals surface area contributed by atoms with E-state index in [4.69, 9.17) is 23.7 Å². The fourth-order valence-corrected chi connectivity index (χ4v) is 5.64. The van der Waals surface area contributed by atoms with E-state index in [0.29, 0.717) is 58.4 Å². The number of ether oxygens (including phenoxy) is 5. The summed E-state index contributed by atoms with van der Waals surface area (Å²) in [7, 11) is 7.69. The lowest BCUT2D eigenvalue weighted by Crippen LogP contribution is -2.40. The highest BCUT2D eigenvalue weighted by Gasteiger charge is 2.30. The van der Waals surface area contributed by atoms with Crippen molar-refractivity contribution in [3.63, 3.8) is 0 Å². The first-order valence-electron chi connectivity index (χ1n) is 14.6. The van der Waals surface area contributed by atoms with Crippen molar-refractivity contribution in [3.05, 3.63) is 63.8 Å². The highest BCUT2D eigenvalue weighted by molar-refractivity contribution is 5.98. The van der Waals surface area contributed by atoms with Crippen LogP contribution in [0.5, 0.6) is 28.7 Å². The maximum Gasteiger partial charge on any atom is 0.247 e. The Kier molecular flexibility index (Phi) is 10.4. The molecule has 11 heteroatoms. The van der Waals surface area contributed by atoms with Gasteiger partial charge in [0.15, 0.2) is 11.5 Å². The first-order valence-corrected chi connectivity index (χ1v) is 14.6. The van der Waals surface area contributed by atoms with Gasteiger partial charge in [-0.15, -0.1) is 0 Å². The zero-order valence-electron chi connectivity index (χ0n) is 27.0. The average Bonchev–Trinajstić information content (AvgIpc) is 3.26. The van der Waals surface area contributed by atoms with Gasteiger partial charge in [-0.05, 0) is 65.8 Å². The second-order valence-corrected chi connectivity index (χ2v) is 11.0. The summed E-state index contributed by atoms with van der Waals surface area (Å²) in [4.78, 5) is 39.7. The van der Waals surface area contributed by atoms with Crippen LogP contribution in [-0.2, 0) is 16.0 Å². The Morgan fingerprint density at radius 3 is 2.11 bits per heavy atom. The molecule has 240 valence electrons. The van der Waals surface area contributed by atoms with E-state index < -0.39 is 12.1 Å². The average molecular weight is 620 g/mol. The minimum atomic E-state index is -0.774. The first kappa shape index (κ1) is 33.0. The molecule has 0 bridgehead atoms. The zero-order valence-corrected chi connectivity index (χ0v) is 27.0. The molecule has 1 aliphatic carbocycles. The number of rotatable bonds is 11. The molecule has 1 aliphatic rings. The highest BCUT2D eigenvalue weighted by atomic mass is 16.5. The molecular formula is C34H41N3O8. The summed E-state index contributed by atoms with van der Waals surface area (Å²) in [6, 6.07) is 10.8. The van der Waals surface area contributed by atoms with Crippen molar-refractivity contribution < 1.29 is 33.3 Å². The van der Waals surface area contributed by atoms with Crippen LogP contribution < -0.4 is 45.1 Å². The van der Waals surface area contributed by atoms with E-state index >= 15 is 0 Å². The van der Waals surface area contributed by atoms with Gasteiger partial charge in [-0.2, -0.15) is 0 Å². The van der Waals surface area contributed by atoms with Crippen molar-refractivity contribution >= 4 is 23.2 Å². The summed E-state index contributed by atoms with van der Waals surface area (Å²) in [5.74, 6) is 1.65. The van der Waals surface area contributed by atoms with E-state index in [1.54, 1.807) is 45.6 Å². The molecule has 3 N–H and O–H groups in total. The van der Waals surface area contributed by atoms with Crippen LogP contribution in [0.4, 0.5) is 11.4 Å². The molecule has 45 heavy (non-hydrogen) atoms. The number of hydrogen-bond acceptors (Lipinski definition) is 9. The minimum Gasteiger partial charge on any atom is -0.497 e. The van der Waals surface area contributed by atoms with Gasteiger partial charge in [-0.1, -0.05) is 19.9 Å². The molecule has 0 spiro atoms. The molecule has 0 heterocycles. The molecule has 0 radical (unpaired) electrons. The molecule has 0 aliphatic heterocycles. The first-order chi connectivity index (χ1) is 21.6. The molecule has 0 saturated heterocycles. The van der Waals surface area contributed by atoms with Crippen molar-refractivity contribution in [3.8, 4) is 39.9 Å². The number of carbonyl (C=O) groups is 2. The number of amides is 2. The molecule has 3 aromatic rings. The van der Waals surface area contributed by atoms with Crippen molar-refractivity contribution in [1.29, 1.82) is 0 Å². The smallest absolute Gasteiger partial charge is 0.247 e. The lowest BCUT2D eigenvalue weighted by molar-refractivity contribution is -0.120. The van der Waals surface area contributed by atoms with E-state index in [1.807, 2.05) is 26.0 Å². The second-order valence-electron chi connectivity index (χ2n) is 11.0. The fourth-order valence-electron chi connectivity index (χ4n) is 5.64. The Labute approximate surface area is 263 Å². The molecule has 0 saturated carbocycles. The second kappa shape index (κ2) is 14.2. The molecule has 0 unspecified atom stereocenters. The molecule has 3 aromatic carbocycles. The van der Waals surface area contributed by atoms with Gasteiger partial charge < -0.3 is 39.6 Å². The van der Waals surface area contributed by atoms with Gasteiger partial charge in [0.2, 0.25) is 23.0 Å². The normalized spacial score (nSPS) is 14.2. The van der Waals surface area contributed by atoms with Crippen molar-refractivity contribution in [2.45, 2.75) is 45.7 Å². The summed E-state index contributed by atoms with van der Waals surface area (Å²) in [6.07, 6.45) is 1.12. The van der Waals surface area contributed by atoms with Gasteiger partial charge >= 0.3 is 0 Å². The minimum absolute atomic E-state index is 0.193. The Hall–Kier alpha value is -4.93. The predicted molar refractivity (Wildman–Crippen MR) is 173 cm³/mol. The van der Waals surface area contributed by atoms with Gasteiger partial charge in [0, 0.05) is 18.6 Å². The third-order valence-corrected chi connectivity index (χ3v) is 7.84. The summed E-state index contributed by atoms with van der Waals surface area (Å²) in [5.41, 5.74) is 3.33. The van der Waals surface area contributed by atoms with Crippen LogP contribution in [0.1, 0.15) is 44.4 Å². The fraction of sp³-hybridized carbons (Fsp3) is 0.382. The molecule has 0 aromatic heterocycles. The summed E-state index contributed by atoms with van der Waals surface area (Å²) in [5, 5.41) is 9.10. The third kappa shape index (κ3) is 6.92. The van der Waals surface area contributed by atoms with Gasteiger partial charge in [-0.25, -0.2) is 0 Å². The van der Waals surface area contributed by atoms with Gasteiger partial charge in [0.25, 0.3) is 0 Å². The Morgan fingerprint density at radius 2 is 1.51 bits per heavy atom. The quantitative estimate of drug-likeness (QED) is 0.273. The molecule has 2 amide bonds. The van der Waals surface area contributed by atoms with E-state index in [2.05, 4.69) is 16.0 Å². The van der Waals surface area contributed by atoms with Gasteiger partial charge in [0.05, 0.1) is 53.0 Å². The predicted octanol–water partition coefficient (Wildman–Crippen LogP) is 4.96. The van der Waals surface area contributed by atoms with Crippen LogP contribution in [0.2, 0.25) is 0 Å². The Balaban J connectivity index is 1.82. The number of hydrogen-bond donors (Lipinski definition) is 3. The third-order valence-electron chi connectivity index (χ3n) is 7.84. The lowest BCUT2D eigenvalue weighted by atomic mass is 9.95. The van der Waals surface area contributed by atoms with Crippen LogP contribution in [0.15, 0.2) is 47.3 Å². The highest BCUT2D eigenvalue weighted by Crippen LogP contribution is 2.50. The number of carbonyl (C=O) groups excluding carboxylic acids is 2. The Morgan fingerprint density at radius 1 is 0.822 bits per heavy atom. The van der Waals surface area contributed by atoms with E-state index in [1.165, 1.54) is 27.2 Å². The van der Waals surface area contributed by atoms with E-state index in [9.17, 15) is 14.4 Å². The molecular weight excluding hydrogens is 578 g/mol. The molecule has 0 fully saturated rings. The largest absolute Gasteiger partial charge is 0.497 e. The van der Waals surface area contributed by atoms with Crippen molar-refractivity contribution in [2.75, 3.05) is 46.2 Å².